The summed E-state index contributed by atoms with van der Waals surface area (Å²) in [5.74, 6) is 2.87. The molecule has 0 aromatic rings. The Morgan fingerprint density at radius 3 is 2.19 bits per heavy atom. The van der Waals surface area contributed by atoms with Crippen LogP contribution in [0.1, 0.15) is 165 Å². The first kappa shape index (κ1) is 32.8. The van der Waals surface area contributed by atoms with Gasteiger partial charge in [-0.25, -0.2) is 0 Å². The highest BCUT2D eigenvalue weighted by atomic mass is 16.6. The first-order valence-corrected chi connectivity index (χ1v) is 18.2. The second kappa shape index (κ2) is 11.6. The lowest BCUT2D eigenvalue weighted by molar-refractivity contribution is -0.173. The first-order chi connectivity index (χ1) is 19.7. The SMILES string of the molecule is CCCCCCCC(=O)OCCCC1C2(C)CCC3(C)C(C(C)CCC4OC4(C)C)CCC3(C)C2CCC12OC2(C)C. The van der Waals surface area contributed by atoms with Gasteiger partial charge >= 0.3 is 5.97 Å². The minimum atomic E-state index is -0.0339. The number of carbonyl (C=O) groups excluding carboxylic acids is 1. The van der Waals surface area contributed by atoms with Gasteiger partial charge in [0, 0.05) is 6.42 Å². The van der Waals surface area contributed by atoms with Crippen LogP contribution in [0.25, 0.3) is 0 Å². The lowest BCUT2D eigenvalue weighted by atomic mass is 9.39. The zero-order valence-corrected chi connectivity index (χ0v) is 29.0. The van der Waals surface area contributed by atoms with E-state index in [0.717, 1.165) is 43.4 Å². The molecule has 4 heteroatoms. The second-order valence-corrected chi connectivity index (χ2v) is 17.4. The third kappa shape index (κ3) is 5.54. The molecule has 0 N–H and O–H groups in total. The normalized spacial score (nSPS) is 43.5. The van der Waals surface area contributed by atoms with E-state index in [0.29, 0.717) is 35.9 Å². The maximum absolute atomic E-state index is 12.4. The van der Waals surface area contributed by atoms with Crippen molar-refractivity contribution in [1.29, 1.82) is 0 Å². The molecule has 3 aliphatic carbocycles. The van der Waals surface area contributed by atoms with Gasteiger partial charge in [-0.15, -0.1) is 0 Å². The lowest BCUT2D eigenvalue weighted by Gasteiger charge is -2.65. The van der Waals surface area contributed by atoms with Crippen LogP contribution in [0.2, 0.25) is 0 Å². The molecule has 0 aromatic carbocycles. The molecule has 5 rings (SSSR count). The Morgan fingerprint density at radius 2 is 1.55 bits per heavy atom. The summed E-state index contributed by atoms with van der Waals surface area (Å²) in [6.07, 6.45) is 19.4. The van der Waals surface area contributed by atoms with E-state index in [1.807, 2.05) is 0 Å². The van der Waals surface area contributed by atoms with Crippen LogP contribution in [-0.2, 0) is 19.0 Å². The molecule has 9 atom stereocenters. The van der Waals surface area contributed by atoms with Crippen LogP contribution in [0, 0.1) is 39.9 Å². The van der Waals surface area contributed by atoms with Crippen LogP contribution in [0.4, 0.5) is 0 Å². The van der Waals surface area contributed by atoms with Gasteiger partial charge in [0.05, 0.1) is 23.9 Å². The smallest absolute Gasteiger partial charge is 0.305 e. The van der Waals surface area contributed by atoms with Gasteiger partial charge in [-0.05, 0) is 138 Å². The Bertz CT molecular complexity index is 972. The Labute approximate surface area is 259 Å². The van der Waals surface area contributed by atoms with Crippen molar-refractivity contribution in [3.63, 3.8) is 0 Å². The van der Waals surface area contributed by atoms with E-state index in [9.17, 15) is 4.79 Å². The highest BCUT2D eigenvalue weighted by molar-refractivity contribution is 5.69. The fraction of sp³-hybridized carbons (Fsp3) is 0.974. The van der Waals surface area contributed by atoms with Gasteiger partial charge in [0.25, 0.3) is 0 Å². The minimum absolute atomic E-state index is 0.000758. The van der Waals surface area contributed by atoms with Crippen LogP contribution >= 0.6 is 0 Å². The monoisotopic (exact) mass is 586 g/mol. The van der Waals surface area contributed by atoms with Crippen molar-refractivity contribution >= 4 is 5.97 Å². The number of ether oxygens (including phenoxy) is 3. The van der Waals surface area contributed by atoms with Crippen molar-refractivity contribution in [3.8, 4) is 0 Å². The molecule has 2 heterocycles. The number of hydrogen-bond donors (Lipinski definition) is 0. The maximum Gasteiger partial charge on any atom is 0.305 e. The molecule has 2 saturated heterocycles. The molecule has 0 amide bonds. The van der Waals surface area contributed by atoms with E-state index in [-0.39, 0.29) is 28.2 Å². The third-order valence-electron chi connectivity index (χ3n) is 14.5. The average molecular weight is 587 g/mol. The highest BCUT2D eigenvalue weighted by Gasteiger charge is 2.76. The van der Waals surface area contributed by atoms with Crippen molar-refractivity contribution in [1.82, 2.24) is 0 Å². The van der Waals surface area contributed by atoms with E-state index in [1.165, 1.54) is 70.6 Å². The molecular weight excluding hydrogens is 520 g/mol. The molecular formula is C38H66O4. The summed E-state index contributed by atoms with van der Waals surface area (Å²) in [4.78, 5) is 12.4. The zero-order valence-electron chi connectivity index (χ0n) is 29.0. The first-order valence-electron chi connectivity index (χ1n) is 18.2. The van der Waals surface area contributed by atoms with Crippen molar-refractivity contribution < 1.29 is 19.0 Å². The standard InChI is InChI=1S/C38H66O4/c1-10-11-12-13-14-17-32(39)40-26-15-16-30-35(7)24-25-36(8)28(27(2)18-19-31-33(3,4)41-31)20-22-37(36,9)29(35)21-23-38(30)34(5,6)42-38/h27-31H,10-26H2,1-9H3. The van der Waals surface area contributed by atoms with Crippen molar-refractivity contribution in [3.05, 3.63) is 0 Å². The van der Waals surface area contributed by atoms with Gasteiger partial charge in [-0.1, -0.05) is 60.3 Å². The Hall–Kier alpha value is -0.610. The molecule has 5 fully saturated rings. The summed E-state index contributed by atoms with van der Waals surface area (Å²) < 4.78 is 18.4. The molecule has 0 aromatic heterocycles. The molecule has 0 bridgehead atoms. The van der Waals surface area contributed by atoms with Crippen LogP contribution in [0.5, 0.6) is 0 Å². The van der Waals surface area contributed by atoms with Crippen molar-refractivity contribution in [2.75, 3.05) is 6.61 Å². The topological polar surface area (TPSA) is 51.4 Å². The summed E-state index contributed by atoms with van der Waals surface area (Å²) in [5, 5.41) is 0. The number of epoxide rings is 2. The highest BCUT2D eigenvalue weighted by Crippen LogP contribution is 2.77. The van der Waals surface area contributed by atoms with E-state index < -0.39 is 0 Å². The van der Waals surface area contributed by atoms with Gasteiger partial charge in [0.2, 0.25) is 0 Å². The largest absolute Gasteiger partial charge is 0.466 e. The second-order valence-electron chi connectivity index (χ2n) is 17.4. The van der Waals surface area contributed by atoms with Crippen LogP contribution in [0.15, 0.2) is 0 Å². The summed E-state index contributed by atoms with van der Waals surface area (Å²) in [5.41, 5.74) is 1.17. The van der Waals surface area contributed by atoms with Gasteiger partial charge in [-0.3, -0.25) is 4.79 Å². The number of rotatable bonds is 14. The molecule has 0 radical (unpaired) electrons. The molecule has 4 nitrogen and oxygen atoms in total. The van der Waals surface area contributed by atoms with Crippen LogP contribution < -0.4 is 0 Å². The molecule has 2 aliphatic heterocycles. The average Bonchev–Trinajstić information content (AvgIpc) is 3.67. The minimum Gasteiger partial charge on any atom is -0.466 e. The maximum atomic E-state index is 12.4. The molecule has 1 spiro atoms. The van der Waals surface area contributed by atoms with E-state index in [4.69, 9.17) is 14.2 Å². The number of hydrogen-bond acceptors (Lipinski definition) is 4. The van der Waals surface area contributed by atoms with Crippen molar-refractivity contribution in [2.24, 2.45) is 39.9 Å². The van der Waals surface area contributed by atoms with Crippen LogP contribution in [0.3, 0.4) is 0 Å². The van der Waals surface area contributed by atoms with Gasteiger partial charge < -0.3 is 14.2 Å². The van der Waals surface area contributed by atoms with E-state index >= 15 is 0 Å². The number of unbranched alkanes of at least 4 members (excludes halogenated alkanes) is 4. The summed E-state index contributed by atoms with van der Waals surface area (Å²) in [6, 6.07) is 0. The fourth-order valence-electron chi connectivity index (χ4n) is 11.6. The van der Waals surface area contributed by atoms with Crippen LogP contribution in [-0.4, -0.2) is 35.5 Å². The quantitative estimate of drug-likeness (QED) is 0.115. The van der Waals surface area contributed by atoms with E-state index in [2.05, 4.69) is 62.3 Å². The predicted molar refractivity (Wildman–Crippen MR) is 171 cm³/mol. The van der Waals surface area contributed by atoms with Gasteiger partial charge in [0.1, 0.15) is 5.60 Å². The van der Waals surface area contributed by atoms with Crippen molar-refractivity contribution in [2.45, 2.75) is 188 Å². The van der Waals surface area contributed by atoms with Gasteiger partial charge in [0.15, 0.2) is 0 Å². The summed E-state index contributed by atoms with van der Waals surface area (Å²) >= 11 is 0. The zero-order chi connectivity index (χ0) is 30.6. The summed E-state index contributed by atoms with van der Waals surface area (Å²) in [7, 11) is 0. The molecule has 3 saturated carbocycles. The third-order valence-corrected chi connectivity index (χ3v) is 14.5. The number of esters is 1. The summed E-state index contributed by atoms with van der Waals surface area (Å²) in [6.45, 7) is 22.5. The predicted octanol–water partition coefficient (Wildman–Crippen LogP) is 10.1. The fourth-order valence-corrected chi connectivity index (χ4v) is 11.6. The van der Waals surface area contributed by atoms with E-state index in [1.54, 1.807) is 0 Å². The van der Waals surface area contributed by atoms with Gasteiger partial charge in [-0.2, -0.15) is 0 Å². The Morgan fingerprint density at radius 1 is 0.857 bits per heavy atom. The Balaban J connectivity index is 1.23. The number of carbonyl (C=O) groups is 1. The molecule has 42 heavy (non-hydrogen) atoms. The molecule has 9 unspecified atom stereocenters. The molecule has 5 aliphatic rings. The lowest BCUT2D eigenvalue weighted by Crippen LogP contribution is -2.61. The molecule has 242 valence electrons. The number of fused-ring (bicyclic) bond motifs is 3. The Kier molecular flexibility index (Phi) is 9.08.